The molecule has 0 aromatic heterocycles. The average molecular weight is 346 g/mol. The molecule has 0 radical (unpaired) electrons. The predicted octanol–water partition coefficient (Wildman–Crippen LogP) is 4.08. The molecule has 1 aliphatic heterocycles. The van der Waals surface area contributed by atoms with Crippen LogP contribution >= 0.6 is 11.6 Å². The maximum Gasteiger partial charge on any atom is 0.365 e. The second-order valence-corrected chi connectivity index (χ2v) is 5.86. The van der Waals surface area contributed by atoms with Crippen molar-refractivity contribution in [3.8, 4) is 11.5 Å². The van der Waals surface area contributed by atoms with Gasteiger partial charge in [-0.2, -0.15) is 0 Å². The van der Waals surface area contributed by atoms with Gasteiger partial charge in [-0.25, -0.2) is 4.79 Å². The Kier molecular flexibility index (Phi) is 4.71. The molecule has 0 N–H and O–H groups in total. The molecule has 0 saturated carbocycles. The number of hydrogen-bond donors (Lipinski definition) is 0. The van der Waals surface area contributed by atoms with Crippen LogP contribution in [0.3, 0.4) is 0 Å². The normalized spacial score (nSPS) is 17.8. The summed E-state index contributed by atoms with van der Waals surface area (Å²) in [7, 11) is 1.59. The van der Waals surface area contributed by atoms with E-state index in [4.69, 9.17) is 25.9 Å². The Bertz CT molecular complexity index is 803. The average Bonchev–Trinajstić information content (AvgIpc) is 2.58. The van der Waals surface area contributed by atoms with E-state index in [0.717, 1.165) is 5.56 Å². The Balaban J connectivity index is 1.84. The molecule has 0 saturated heterocycles. The van der Waals surface area contributed by atoms with E-state index in [1.807, 2.05) is 19.1 Å². The fourth-order valence-corrected chi connectivity index (χ4v) is 2.65. The van der Waals surface area contributed by atoms with Gasteiger partial charge in [-0.3, -0.25) is 0 Å². The highest BCUT2D eigenvalue weighted by atomic mass is 35.5. The van der Waals surface area contributed by atoms with E-state index >= 15 is 0 Å². The number of carbonyl (C=O) groups is 1. The van der Waals surface area contributed by atoms with Crippen molar-refractivity contribution in [1.29, 1.82) is 0 Å². The molecule has 5 nitrogen and oxygen atoms in total. The minimum Gasteiger partial charge on any atom is -0.497 e. The molecule has 3 rings (SSSR count). The number of benzene rings is 2. The zero-order chi connectivity index (χ0) is 17.1. The Morgan fingerprint density at radius 2 is 2.12 bits per heavy atom. The van der Waals surface area contributed by atoms with Gasteiger partial charge < -0.3 is 14.3 Å². The number of rotatable bonds is 3. The van der Waals surface area contributed by atoms with Gasteiger partial charge >= 0.3 is 5.97 Å². The zero-order valence-electron chi connectivity index (χ0n) is 13.3. The lowest BCUT2D eigenvalue weighted by Crippen LogP contribution is -2.25. The largest absolute Gasteiger partial charge is 0.497 e. The summed E-state index contributed by atoms with van der Waals surface area (Å²) in [4.78, 5) is 17.2. The third-order valence-electron chi connectivity index (χ3n) is 3.61. The zero-order valence-corrected chi connectivity index (χ0v) is 14.0. The van der Waals surface area contributed by atoms with E-state index in [2.05, 4.69) is 5.16 Å². The van der Waals surface area contributed by atoms with Crippen LogP contribution in [0, 0.1) is 0 Å². The molecule has 124 valence electrons. The minimum absolute atomic E-state index is 0.0757. The van der Waals surface area contributed by atoms with Crippen LogP contribution in [0.5, 0.6) is 11.5 Å². The Morgan fingerprint density at radius 3 is 2.88 bits per heavy atom. The Labute approximate surface area is 144 Å². The molecule has 2 aromatic carbocycles. The summed E-state index contributed by atoms with van der Waals surface area (Å²) in [5, 5.41) is 4.51. The van der Waals surface area contributed by atoms with Gasteiger partial charge in [0.1, 0.15) is 17.6 Å². The van der Waals surface area contributed by atoms with E-state index in [1.54, 1.807) is 31.4 Å². The third-order valence-corrected chi connectivity index (χ3v) is 3.84. The molecule has 0 bridgehead atoms. The van der Waals surface area contributed by atoms with Crippen molar-refractivity contribution in [1.82, 2.24) is 0 Å². The summed E-state index contributed by atoms with van der Waals surface area (Å²) in [6, 6.07) is 12.0. The molecule has 1 aliphatic rings. The van der Waals surface area contributed by atoms with Crippen molar-refractivity contribution in [2.24, 2.45) is 5.16 Å². The number of methoxy groups -OCH3 is 1. The van der Waals surface area contributed by atoms with Gasteiger partial charge in [0.15, 0.2) is 0 Å². The molecule has 0 fully saturated rings. The van der Waals surface area contributed by atoms with Gasteiger partial charge in [-0.1, -0.05) is 22.8 Å². The number of ether oxygens (including phenoxy) is 2. The lowest BCUT2D eigenvalue weighted by Gasteiger charge is -2.24. The van der Waals surface area contributed by atoms with Crippen LogP contribution < -0.4 is 9.47 Å². The van der Waals surface area contributed by atoms with Crippen LogP contribution in [0.1, 0.15) is 29.3 Å². The molecule has 0 amide bonds. The van der Waals surface area contributed by atoms with Crippen LogP contribution in [-0.2, 0) is 4.84 Å². The second kappa shape index (κ2) is 6.93. The smallest absolute Gasteiger partial charge is 0.365 e. The van der Waals surface area contributed by atoms with Crippen molar-refractivity contribution in [2.45, 2.75) is 19.4 Å². The summed E-state index contributed by atoms with van der Waals surface area (Å²) < 4.78 is 11.0. The number of oxime groups is 1. The van der Waals surface area contributed by atoms with Crippen molar-refractivity contribution < 1.29 is 19.1 Å². The minimum atomic E-state index is -0.556. The van der Waals surface area contributed by atoms with Crippen LogP contribution in [-0.4, -0.2) is 24.9 Å². The van der Waals surface area contributed by atoms with E-state index < -0.39 is 5.97 Å². The summed E-state index contributed by atoms with van der Waals surface area (Å²) in [6.07, 6.45) is 0.468. The van der Waals surface area contributed by atoms with E-state index in [0.29, 0.717) is 34.2 Å². The molecule has 2 aromatic rings. The maximum atomic E-state index is 12.1. The van der Waals surface area contributed by atoms with Gasteiger partial charge in [0.05, 0.1) is 18.4 Å². The number of carbonyl (C=O) groups excluding carboxylic acids is 1. The Morgan fingerprint density at radius 1 is 1.29 bits per heavy atom. The van der Waals surface area contributed by atoms with Crippen LogP contribution in [0.2, 0.25) is 5.02 Å². The molecular weight excluding hydrogens is 330 g/mol. The molecule has 0 spiro atoms. The van der Waals surface area contributed by atoms with Crippen molar-refractivity contribution in [2.75, 3.05) is 7.11 Å². The van der Waals surface area contributed by atoms with Gasteiger partial charge in [0, 0.05) is 23.1 Å². The molecule has 1 heterocycles. The summed E-state index contributed by atoms with van der Waals surface area (Å²) in [5.41, 5.74) is 1.79. The van der Waals surface area contributed by atoms with E-state index in [1.165, 1.54) is 6.07 Å². The first-order valence-electron chi connectivity index (χ1n) is 7.45. The first kappa shape index (κ1) is 16.3. The molecule has 1 atom stereocenters. The Hall–Kier alpha value is -2.53. The maximum absolute atomic E-state index is 12.1. The number of nitrogens with zero attached hydrogens (tertiary/aromatic N) is 1. The predicted molar refractivity (Wildman–Crippen MR) is 91.1 cm³/mol. The van der Waals surface area contributed by atoms with Gasteiger partial charge in [0.2, 0.25) is 0 Å². The SMILES string of the molecule is COc1ccc2c(c1)OC(C)CC2=NOC(=O)c1cccc(Cl)c1. The fraction of sp³-hybridized carbons (Fsp3) is 0.222. The van der Waals surface area contributed by atoms with Crippen molar-refractivity contribution in [3.63, 3.8) is 0 Å². The van der Waals surface area contributed by atoms with Crippen LogP contribution in [0.15, 0.2) is 47.6 Å². The van der Waals surface area contributed by atoms with Crippen LogP contribution in [0.4, 0.5) is 0 Å². The highest BCUT2D eigenvalue weighted by molar-refractivity contribution is 6.30. The standard InChI is InChI=1S/C18H16ClNO4/c1-11-8-16(15-7-6-14(22-2)10-17(15)23-11)20-24-18(21)12-4-3-5-13(19)9-12/h3-7,9-11H,8H2,1-2H3. The monoisotopic (exact) mass is 345 g/mol. The van der Waals surface area contributed by atoms with Gasteiger partial charge in [0.25, 0.3) is 0 Å². The highest BCUT2D eigenvalue weighted by Gasteiger charge is 2.23. The fourth-order valence-electron chi connectivity index (χ4n) is 2.46. The van der Waals surface area contributed by atoms with Gasteiger partial charge in [-0.05, 0) is 37.3 Å². The number of fused-ring (bicyclic) bond motifs is 1. The molecular formula is C18H16ClNO4. The second-order valence-electron chi connectivity index (χ2n) is 5.42. The van der Waals surface area contributed by atoms with Crippen molar-refractivity contribution >= 4 is 23.3 Å². The number of hydrogen-bond acceptors (Lipinski definition) is 5. The summed E-state index contributed by atoms with van der Waals surface area (Å²) in [5.74, 6) is 0.794. The first-order valence-corrected chi connectivity index (χ1v) is 7.83. The lowest BCUT2D eigenvalue weighted by molar-refractivity contribution is 0.0513. The summed E-state index contributed by atoms with van der Waals surface area (Å²) >= 11 is 5.88. The molecule has 1 unspecified atom stereocenters. The molecule has 6 heteroatoms. The topological polar surface area (TPSA) is 57.1 Å². The van der Waals surface area contributed by atoms with E-state index in [9.17, 15) is 4.79 Å². The van der Waals surface area contributed by atoms with Crippen LogP contribution in [0.25, 0.3) is 0 Å². The highest BCUT2D eigenvalue weighted by Crippen LogP contribution is 2.31. The third kappa shape index (κ3) is 3.51. The van der Waals surface area contributed by atoms with Gasteiger partial charge in [-0.15, -0.1) is 0 Å². The summed E-state index contributed by atoms with van der Waals surface area (Å²) in [6.45, 7) is 1.93. The van der Waals surface area contributed by atoms with E-state index in [-0.39, 0.29) is 6.10 Å². The molecule has 24 heavy (non-hydrogen) atoms. The lowest BCUT2D eigenvalue weighted by atomic mass is 10.0. The number of halogens is 1. The first-order chi connectivity index (χ1) is 11.6. The quantitative estimate of drug-likeness (QED) is 0.621. The molecule has 0 aliphatic carbocycles. The van der Waals surface area contributed by atoms with Crippen molar-refractivity contribution in [3.05, 3.63) is 58.6 Å².